The number of nitrogens with zero attached hydrogens (tertiary/aromatic N) is 2. The van der Waals surface area contributed by atoms with Gasteiger partial charge in [-0.25, -0.2) is 0 Å². The van der Waals surface area contributed by atoms with E-state index in [0.29, 0.717) is 22.3 Å². The van der Waals surface area contributed by atoms with Crippen LogP contribution in [0, 0.1) is 0 Å². The Hall–Kier alpha value is -4.22. The van der Waals surface area contributed by atoms with Crippen LogP contribution in [0.3, 0.4) is 0 Å². The van der Waals surface area contributed by atoms with E-state index >= 15 is 0 Å². The van der Waals surface area contributed by atoms with Gasteiger partial charge in [-0.1, -0.05) is 29.4 Å². The molecule has 37 heavy (non-hydrogen) atoms. The van der Waals surface area contributed by atoms with Crippen molar-refractivity contribution < 1.29 is 37.2 Å². The summed E-state index contributed by atoms with van der Waals surface area (Å²) in [5.74, 6) is -1.73. The molecule has 1 atom stereocenters. The second-order valence-electron chi connectivity index (χ2n) is 8.67. The van der Waals surface area contributed by atoms with Gasteiger partial charge in [-0.2, -0.15) is 13.2 Å². The lowest BCUT2D eigenvalue weighted by molar-refractivity contribution is -0.138. The maximum Gasteiger partial charge on any atom is 0.416 e. The Labute approximate surface area is 209 Å². The number of fused-ring (bicyclic) bond motifs is 1. The van der Waals surface area contributed by atoms with Crippen LogP contribution in [0.1, 0.15) is 45.5 Å². The van der Waals surface area contributed by atoms with Gasteiger partial charge in [0.1, 0.15) is 18.9 Å². The molecule has 0 aromatic heterocycles. The summed E-state index contributed by atoms with van der Waals surface area (Å²) < 4.78 is 38.4. The van der Waals surface area contributed by atoms with Crippen LogP contribution < -0.4 is 10.6 Å². The van der Waals surface area contributed by atoms with Crippen LogP contribution in [0.4, 0.5) is 13.2 Å². The van der Waals surface area contributed by atoms with E-state index in [1.807, 2.05) is 0 Å². The number of rotatable bonds is 7. The number of benzene rings is 2. The SMILES string of the molecule is CO/N=C(\Cc1ccc(C(F)(F)F)cc1)C(=O)NCc1ccc2c(c1)CN(C1CCC(=O)NC1=O)C2=O. The first-order chi connectivity index (χ1) is 17.6. The monoisotopic (exact) mass is 516 g/mol. The number of alkyl halides is 3. The fraction of sp³-hybridized carbons (Fsp3) is 0.320. The number of halogens is 3. The summed E-state index contributed by atoms with van der Waals surface area (Å²) in [4.78, 5) is 55.3. The molecule has 4 rings (SSSR count). The van der Waals surface area contributed by atoms with E-state index in [4.69, 9.17) is 4.84 Å². The maximum absolute atomic E-state index is 12.8. The summed E-state index contributed by atoms with van der Waals surface area (Å²) in [6.07, 6.45) is -4.09. The molecule has 1 unspecified atom stereocenters. The molecule has 2 aliphatic heterocycles. The van der Waals surface area contributed by atoms with Crippen molar-refractivity contribution in [1.29, 1.82) is 0 Å². The number of carbonyl (C=O) groups is 4. The zero-order chi connectivity index (χ0) is 26.7. The number of piperidine rings is 1. The molecule has 1 fully saturated rings. The molecule has 2 aliphatic rings. The predicted molar refractivity (Wildman–Crippen MR) is 124 cm³/mol. The highest BCUT2D eigenvalue weighted by atomic mass is 19.4. The first-order valence-corrected chi connectivity index (χ1v) is 11.4. The van der Waals surface area contributed by atoms with Crippen molar-refractivity contribution in [3.8, 4) is 0 Å². The van der Waals surface area contributed by atoms with Crippen LogP contribution in [-0.4, -0.2) is 47.4 Å². The lowest BCUT2D eigenvalue weighted by atomic mass is 10.0. The zero-order valence-electron chi connectivity index (χ0n) is 19.7. The molecule has 0 radical (unpaired) electrons. The zero-order valence-corrected chi connectivity index (χ0v) is 19.7. The van der Waals surface area contributed by atoms with Gasteiger partial charge in [0.2, 0.25) is 11.8 Å². The van der Waals surface area contributed by atoms with E-state index in [0.717, 1.165) is 12.1 Å². The molecule has 2 N–H and O–H groups in total. The van der Waals surface area contributed by atoms with Crippen LogP contribution in [0.5, 0.6) is 0 Å². The molecule has 2 heterocycles. The molecular weight excluding hydrogens is 493 g/mol. The van der Waals surface area contributed by atoms with Gasteiger partial charge in [0.15, 0.2) is 0 Å². The summed E-state index contributed by atoms with van der Waals surface area (Å²) in [7, 11) is 1.26. The highest BCUT2D eigenvalue weighted by Gasteiger charge is 2.39. The highest BCUT2D eigenvalue weighted by molar-refractivity contribution is 6.39. The third kappa shape index (κ3) is 5.79. The fourth-order valence-electron chi connectivity index (χ4n) is 4.29. The lowest BCUT2D eigenvalue weighted by Crippen LogP contribution is -2.52. The van der Waals surface area contributed by atoms with Crippen LogP contribution in [0.25, 0.3) is 0 Å². The van der Waals surface area contributed by atoms with Crippen LogP contribution in [0.15, 0.2) is 47.6 Å². The van der Waals surface area contributed by atoms with Crippen LogP contribution in [0.2, 0.25) is 0 Å². The van der Waals surface area contributed by atoms with Gasteiger partial charge in [-0.05, 0) is 41.3 Å². The Kier molecular flexibility index (Phi) is 7.28. The molecule has 4 amide bonds. The van der Waals surface area contributed by atoms with Crippen molar-refractivity contribution in [2.75, 3.05) is 7.11 Å². The average molecular weight is 516 g/mol. The van der Waals surface area contributed by atoms with E-state index in [-0.39, 0.29) is 49.9 Å². The lowest BCUT2D eigenvalue weighted by Gasteiger charge is -2.29. The molecule has 2 aromatic carbocycles. The summed E-state index contributed by atoms with van der Waals surface area (Å²) in [6.45, 7) is 0.293. The molecule has 0 saturated carbocycles. The molecule has 0 bridgehead atoms. The number of oxime groups is 1. The second kappa shape index (κ2) is 10.4. The summed E-state index contributed by atoms with van der Waals surface area (Å²) in [5.41, 5.74) is 1.46. The van der Waals surface area contributed by atoms with E-state index in [9.17, 15) is 32.3 Å². The van der Waals surface area contributed by atoms with Gasteiger partial charge in [-0.15, -0.1) is 0 Å². The summed E-state index contributed by atoms with van der Waals surface area (Å²) in [5, 5.41) is 8.67. The van der Waals surface area contributed by atoms with Crippen molar-refractivity contribution in [1.82, 2.24) is 15.5 Å². The summed E-state index contributed by atoms with van der Waals surface area (Å²) in [6, 6.07) is 8.73. The van der Waals surface area contributed by atoms with E-state index < -0.39 is 29.6 Å². The number of nitrogens with one attached hydrogen (secondary N) is 2. The first-order valence-electron chi connectivity index (χ1n) is 11.4. The Bertz CT molecular complexity index is 1270. The van der Waals surface area contributed by atoms with Crippen LogP contribution >= 0.6 is 0 Å². The average Bonchev–Trinajstić information content (AvgIpc) is 3.17. The molecule has 194 valence electrons. The van der Waals surface area contributed by atoms with E-state index in [2.05, 4.69) is 15.8 Å². The van der Waals surface area contributed by atoms with E-state index in [1.54, 1.807) is 18.2 Å². The second-order valence-corrected chi connectivity index (χ2v) is 8.67. The molecule has 0 spiro atoms. The number of hydrogen-bond donors (Lipinski definition) is 2. The molecule has 2 aromatic rings. The van der Waals surface area contributed by atoms with Crippen LogP contribution in [-0.2, 0) is 44.9 Å². The predicted octanol–water partition coefficient (Wildman–Crippen LogP) is 2.33. The Balaban J connectivity index is 1.39. The van der Waals surface area contributed by atoms with Gasteiger partial charge in [-0.3, -0.25) is 24.5 Å². The maximum atomic E-state index is 12.8. The molecular formula is C25H23F3N4O5. The van der Waals surface area contributed by atoms with Crippen molar-refractivity contribution in [2.24, 2.45) is 5.16 Å². The smallest absolute Gasteiger partial charge is 0.399 e. The topological polar surface area (TPSA) is 117 Å². The number of carbonyl (C=O) groups excluding carboxylic acids is 4. The van der Waals surface area contributed by atoms with Gasteiger partial charge in [0.05, 0.1) is 5.56 Å². The molecule has 1 saturated heterocycles. The Morgan fingerprint density at radius 1 is 1.14 bits per heavy atom. The third-order valence-corrected chi connectivity index (χ3v) is 6.16. The normalized spacial score (nSPS) is 17.9. The summed E-state index contributed by atoms with van der Waals surface area (Å²) >= 11 is 0. The Morgan fingerprint density at radius 2 is 1.84 bits per heavy atom. The minimum absolute atomic E-state index is 0.0253. The number of hydrogen-bond acceptors (Lipinski definition) is 6. The van der Waals surface area contributed by atoms with Crippen molar-refractivity contribution in [3.63, 3.8) is 0 Å². The van der Waals surface area contributed by atoms with E-state index in [1.165, 1.54) is 24.1 Å². The highest BCUT2D eigenvalue weighted by Crippen LogP contribution is 2.30. The first kappa shape index (κ1) is 25.9. The largest absolute Gasteiger partial charge is 0.416 e. The van der Waals surface area contributed by atoms with Gasteiger partial charge < -0.3 is 15.1 Å². The van der Waals surface area contributed by atoms with Gasteiger partial charge in [0, 0.05) is 31.5 Å². The standard InChI is InChI=1S/C25H23F3N4O5/c1-37-31-19(11-14-2-5-17(6-3-14)25(26,27)28)22(34)29-12-15-4-7-18-16(10-15)13-32(24(18)36)20-8-9-21(33)30-23(20)35/h2-7,10,20H,8-9,11-13H2,1H3,(H,29,34)(H,30,33,35)/b31-19+. The van der Waals surface area contributed by atoms with Crippen molar-refractivity contribution in [3.05, 3.63) is 70.3 Å². The fourth-order valence-corrected chi connectivity index (χ4v) is 4.29. The van der Waals surface area contributed by atoms with Gasteiger partial charge in [0.25, 0.3) is 11.8 Å². The Morgan fingerprint density at radius 3 is 2.49 bits per heavy atom. The minimum Gasteiger partial charge on any atom is -0.399 e. The van der Waals surface area contributed by atoms with Crippen molar-refractivity contribution >= 4 is 29.3 Å². The van der Waals surface area contributed by atoms with Gasteiger partial charge >= 0.3 is 6.18 Å². The molecule has 0 aliphatic carbocycles. The molecule has 9 nitrogen and oxygen atoms in total. The number of imide groups is 1. The molecule has 12 heteroatoms. The quantitative estimate of drug-likeness (QED) is 0.333. The van der Waals surface area contributed by atoms with Crippen molar-refractivity contribution in [2.45, 2.75) is 44.6 Å². The minimum atomic E-state index is -4.46. The number of amides is 4. The third-order valence-electron chi connectivity index (χ3n) is 6.16.